The number of aromatic nitrogens is 2. The molecule has 0 amide bonds. The average Bonchev–Trinajstić information content (AvgIpc) is 2.66. The molecule has 0 spiro atoms. The summed E-state index contributed by atoms with van der Waals surface area (Å²) in [5, 5.41) is 3.51. The van der Waals surface area contributed by atoms with Crippen LogP contribution >= 0.6 is 0 Å². The first kappa shape index (κ1) is 8.29. The second kappa shape index (κ2) is 2.98. The van der Waals surface area contributed by atoms with Crippen molar-refractivity contribution in [3.8, 4) is 0 Å². The van der Waals surface area contributed by atoms with Gasteiger partial charge in [0.05, 0.1) is 0 Å². The van der Waals surface area contributed by atoms with Gasteiger partial charge in [0.25, 0.3) is 0 Å². The molecule has 2 aliphatic carbocycles. The molecule has 3 N–H and O–H groups in total. The van der Waals surface area contributed by atoms with Crippen molar-refractivity contribution >= 4 is 0 Å². The number of nitrogens with one attached hydrogen (secondary N) is 3. The second-order valence-electron chi connectivity index (χ2n) is 4.49. The molecule has 14 heavy (non-hydrogen) atoms. The van der Waals surface area contributed by atoms with Gasteiger partial charge in [-0.1, -0.05) is 0 Å². The SMILES string of the molecule is O=c1[nH]cc(CNC2CC[C@@H]3C[C@H]23)[nH]1. The van der Waals surface area contributed by atoms with E-state index < -0.39 is 0 Å². The Bertz CT molecular complexity index is 381. The van der Waals surface area contributed by atoms with Crippen LogP contribution in [0.1, 0.15) is 25.0 Å². The fraction of sp³-hybridized carbons (Fsp3) is 0.700. The first-order valence-corrected chi connectivity index (χ1v) is 5.33. The van der Waals surface area contributed by atoms with Crippen molar-refractivity contribution in [3.05, 3.63) is 22.4 Å². The Labute approximate surface area is 82.1 Å². The lowest BCUT2D eigenvalue weighted by molar-refractivity contribution is 0.471. The molecular formula is C10H15N3O. The van der Waals surface area contributed by atoms with Crippen LogP contribution in [0.15, 0.2) is 11.0 Å². The van der Waals surface area contributed by atoms with Gasteiger partial charge in [-0.05, 0) is 31.1 Å². The van der Waals surface area contributed by atoms with Crippen molar-refractivity contribution in [2.24, 2.45) is 11.8 Å². The molecule has 76 valence electrons. The molecule has 0 bridgehead atoms. The molecule has 4 heteroatoms. The zero-order valence-corrected chi connectivity index (χ0v) is 8.05. The van der Waals surface area contributed by atoms with Crippen LogP contribution in [-0.2, 0) is 6.54 Å². The lowest BCUT2D eigenvalue weighted by Crippen LogP contribution is -2.28. The standard InChI is InChI=1S/C10H15N3O/c14-10-12-5-7(13-10)4-11-9-2-1-6-3-8(6)9/h5-6,8-9,11H,1-4H2,(H2,12,13,14)/t6-,8+,9?/m1/s1. The van der Waals surface area contributed by atoms with Crippen LogP contribution in [0.2, 0.25) is 0 Å². The number of hydrogen-bond donors (Lipinski definition) is 3. The van der Waals surface area contributed by atoms with E-state index in [2.05, 4.69) is 15.3 Å². The highest BCUT2D eigenvalue weighted by Crippen LogP contribution is 2.51. The van der Waals surface area contributed by atoms with Crippen molar-refractivity contribution < 1.29 is 0 Å². The molecule has 1 aromatic heterocycles. The highest BCUT2D eigenvalue weighted by molar-refractivity contribution is 5.03. The molecule has 0 saturated heterocycles. The van der Waals surface area contributed by atoms with E-state index in [1.165, 1.54) is 19.3 Å². The molecule has 0 aliphatic heterocycles. The van der Waals surface area contributed by atoms with E-state index in [1.807, 2.05) is 0 Å². The molecule has 2 fully saturated rings. The van der Waals surface area contributed by atoms with E-state index in [4.69, 9.17) is 0 Å². The summed E-state index contributed by atoms with van der Waals surface area (Å²) in [4.78, 5) is 16.2. The molecular weight excluding hydrogens is 178 g/mol. The fourth-order valence-corrected chi connectivity index (χ4v) is 2.66. The fourth-order valence-electron chi connectivity index (χ4n) is 2.66. The summed E-state index contributed by atoms with van der Waals surface area (Å²) in [5.41, 5.74) is 0.844. The first-order valence-electron chi connectivity index (χ1n) is 5.33. The highest BCUT2D eigenvalue weighted by Gasteiger charge is 2.47. The van der Waals surface area contributed by atoms with E-state index in [0.717, 1.165) is 24.1 Å². The van der Waals surface area contributed by atoms with Gasteiger partial charge in [-0.15, -0.1) is 0 Å². The lowest BCUT2D eigenvalue weighted by Gasteiger charge is -2.12. The number of rotatable bonds is 3. The van der Waals surface area contributed by atoms with E-state index in [9.17, 15) is 4.79 Å². The molecule has 0 aromatic carbocycles. The van der Waals surface area contributed by atoms with Gasteiger partial charge in [0.1, 0.15) is 0 Å². The summed E-state index contributed by atoms with van der Waals surface area (Å²) in [6.07, 6.45) is 5.87. The molecule has 0 radical (unpaired) electrons. The number of imidazole rings is 1. The van der Waals surface area contributed by atoms with Crippen LogP contribution in [0.5, 0.6) is 0 Å². The van der Waals surface area contributed by atoms with Crippen molar-refractivity contribution in [1.82, 2.24) is 15.3 Å². The number of aromatic amines is 2. The Hall–Kier alpha value is -1.03. The molecule has 3 rings (SSSR count). The third-order valence-electron chi connectivity index (χ3n) is 3.55. The van der Waals surface area contributed by atoms with E-state index in [0.29, 0.717) is 6.04 Å². The highest BCUT2D eigenvalue weighted by atomic mass is 16.1. The Kier molecular flexibility index (Phi) is 1.77. The van der Waals surface area contributed by atoms with Crippen molar-refractivity contribution in [1.29, 1.82) is 0 Å². The minimum absolute atomic E-state index is 0.113. The molecule has 1 heterocycles. The Morgan fingerprint density at radius 3 is 3.00 bits per heavy atom. The summed E-state index contributed by atoms with van der Waals surface area (Å²) in [7, 11) is 0. The summed E-state index contributed by atoms with van der Waals surface area (Å²) in [5.74, 6) is 1.94. The maximum Gasteiger partial charge on any atom is 0.323 e. The van der Waals surface area contributed by atoms with E-state index in [-0.39, 0.29) is 5.69 Å². The lowest BCUT2D eigenvalue weighted by atomic mass is 10.2. The van der Waals surface area contributed by atoms with Crippen LogP contribution in [0.25, 0.3) is 0 Å². The topological polar surface area (TPSA) is 60.7 Å². The van der Waals surface area contributed by atoms with Gasteiger partial charge >= 0.3 is 5.69 Å². The molecule has 1 unspecified atom stereocenters. The smallest absolute Gasteiger partial charge is 0.313 e. The van der Waals surface area contributed by atoms with Crippen LogP contribution < -0.4 is 11.0 Å². The largest absolute Gasteiger partial charge is 0.323 e. The van der Waals surface area contributed by atoms with Gasteiger partial charge < -0.3 is 15.3 Å². The monoisotopic (exact) mass is 193 g/mol. The summed E-state index contributed by atoms with van der Waals surface area (Å²) >= 11 is 0. The predicted molar refractivity (Wildman–Crippen MR) is 52.9 cm³/mol. The third kappa shape index (κ3) is 1.39. The maximum absolute atomic E-state index is 10.8. The Morgan fingerprint density at radius 1 is 1.50 bits per heavy atom. The summed E-state index contributed by atoms with van der Waals surface area (Å²) in [6.45, 7) is 0.784. The normalized spacial score (nSPS) is 34.4. The summed E-state index contributed by atoms with van der Waals surface area (Å²) < 4.78 is 0. The molecule has 4 nitrogen and oxygen atoms in total. The Balaban J connectivity index is 1.56. The van der Waals surface area contributed by atoms with Crippen molar-refractivity contribution in [3.63, 3.8) is 0 Å². The minimum Gasteiger partial charge on any atom is -0.313 e. The van der Waals surface area contributed by atoms with Crippen LogP contribution in [0, 0.1) is 11.8 Å². The van der Waals surface area contributed by atoms with E-state index >= 15 is 0 Å². The molecule has 2 saturated carbocycles. The number of hydrogen-bond acceptors (Lipinski definition) is 2. The van der Waals surface area contributed by atoms with Gasteiger partial charge in [-0.3, -0.25) is 0 Å². The number of H-pyrrole nitrogens is 2. The van der Waals surface area contributed by atoms with E-state index in [1.54, 1.807) is 6.20 Å². The quantitative estimate of drug-likeness (QED) is 0.658. The predicted octanol–water partition coefficient (Wildman–Crippen LogP) is 0.591. The number of fused-ring (bicyclic) bond motifs is 1. The molecule has 3 atom stereocenters. The van der Waals surface area contributed by atoms with Gasteiger partial charge in [0, 0.05) is 24.5 Å². The second-order valence-corrected chi connectivity index (χ2v) is 4.49. The van der Waals surface area contributed by atoms with Gasteiger partial charge in [-0.2, -0.15) is 0 Å². The van der Waals surface area contributed by atoms with Gasteiger partial charge in [0.15, 0.2) is 0 Å². The zero-order chi connectivity index (χ0) is 9.54. The molecule has 1 aromatic rings. The Morgan fingerprint density at radius 2 is 2.43 bits per heavy atom. The first-order chi connectivity index (χ1) is 6.83. The van der Waals surface area contributed by atoms with Crippen LogP contribution in [-0.4, -0.2) is 16.0 Å². The van der Waals surface area contributed by atoms with Crippen molar-refractivity contribution in [2.75, 3.05) is 0 Å². The van der Waals surface area contributed by atoms with Crippen LogP contribution in [0.4, 0.5) is 0 Å². The van der Waals surface area contributed by atoms with Crippen molar-refractivity contribution in [2.45, 2.75) is 31.8 Å². The van der Waals surface area contributed by atoms with Gasteiger partial charge in [0.2, 0.25) is 0 Å². The average molecular weight is 193 g/mol. The zero-order valence-electron chi connectivity index (χ0n) is 8.05. The molecule has 2 aliphatic rings. The minimum atomic E-state index is -0.113. The summed E-state index contributed by atoms with van der Waals surface area (Å²) in [6, 6.07) is 0.693. The third-order valence-corrected chi connectivity index (χ3v) is 3.55. The van der Waals surface area contributed by atoms with Crippen LogP contribution in [0.3, 0.4) is 0 Å². The maximum atomic E-state index is 10.8. The van der Waals surface area contributed by atoms with Gasteiger partial charge in [-0.25, -0.2) is 4.79 Å².